The smallest absolute Gasteiger partial charge is 0.0933 e. The maximum Gasteiger partial charge on any atom is 0.0933 e. The normalized spacial score (nSPS) is 13.4. The summed E-state index contributed by atoms with van der Waals surface area (Å²) in [5, 5.41) is 4.76. The highest BCUT2D eigenvalue weighted by Gasteiger charge is 2.08. The van der Waals surface area contributed by atoms with Gasteiger partial charge in [-0.25, -0.2) is 4.98 Å². The van der Waals surface area contributed by atoms with Crippen LogP contribution in [0.15, 0.2) is 0 Å². The van der Waals surface area contributed by atoms with Crippen LogP contribution in [-0.2, 0) is 6.42 Å². The maximum atomic E-state index is 4.59. The molecule has 1 aromatic rings. The van der Waals surface area contributed by atoms with Gasteiger partial charge in [0, 0.05) is 17.3 Å². The molecule has 1 unspecified atom stereocenters. The largest absolute Gasteiger partial charge is 0.315 e. The molecule has 1 aromatic heterocycles. The molecule has 3 heteroatoms. The molecule has 0 aromatic carbocycles. The Labute approximate surface area is 103 Å². The molecule has 16 heavy (non-hydrogen) atoms. The molecule has 0 amide bonds. The molecule has 0 saturated carbocycles. The van der Waals surface area contributed by atoms with E-state index in [9.17, 15) is 0 Å². The van der Waals surface area contributed by atoms with Gasteiger partial charge >= 0.3 is 0 Å². The molecule has 1 atom stereocenters. The van der Waals surface area contributed by atoms with Crippen LogP contribution in [0.4, 0.5) is 0 Å². The van der Waals surface area contributed by atoms with Gasteiger partial charge in [0.25, 0.3) is 0 Å². The average molecular weight is 240 g/mol. The van der Waals surface area contributed by atoms with E-state index in [4.69, 9.17) is 0 Å². The third-order valence-corrected chi connectivity index (χ3v) is 3.88. The van der Waals surface area contributed by atoms with Gasteiger partial charge in [-0.05, 0) is 32.7 Å². The van der Waals surface area contributed by atoms with Crippen molar-refractivity contribution in [2.24, 2.45) is 5.92 Å². The van der Waals surface area contributed by atoms with Gasteiger partial charge in [-0.3, -0.25) is 0 Å². The molecule has 0 aliphatic heterocycles. The number of hydrogen-bond acceptors (Lipinski definition) is 3. The molecule has 0 saturated heterocycles. The van der Waals surface area contributed by atoms with Crippen molar-refractivity contribution in [3.8, 4) is 0 Å². The zero-order valence-corrected chi connectivity index (χ0v) is 11.9. The Balaban J connectivity index is 2.31. The molecule has 0 radical (unpaired) electrons. The summed E-state index contributed by atoms with van der Waals surface area (Å²) in [6.45, 7) is 12.1. The molecular formula is C13H24N2S. The van der Waals surface area contributed by atoms with Gasteiger partial charge in [0.2, 0.25) is 0 Å². The third-order valence-electron chi connectivity index (χ3n) is 2.79. The van der Waals surface area contributed by atoms with Crippen LogP contribution >= 0.6 is 11.3 Å². The standard InChI is InChI=1S/C13H24N2S/c1-9(2)14-7-6-10(3)8-13-15-11(4)12(5)16-13/h9-10,14H,6-8H2,1-5H3. The van der Waals surface area contributed by atoms with Gasteiger partial charge in [0.05, 0.1) is 10.7 Å². The number of hydrogen-bond donors (Lipinski definition) is 1. The number of thiazole rings is 1. The zero-order valence-electron chi connectivity index (χ0n) is 11.1. The van der Waals surface area contributed by atoms with Crippen LogP contribution in [0.25, 0.3) is 0 Å². The van der Waals surface area contributed by atoms with Crippen LogP contribution in [-0.4, -0.2) is 17.6 Å². The second-order valence-electron chi connectivity index (χ2n) is 4.96. The first-order valence-electron chi connectivity index (χ1n) is 6.15. The third kappa shape index (κ3) is 4.62. The van der Waals surface area contributed by atoms with Gasteiger partial charge in [0.15, 0.2) is 0 Å². The van der Waals surface area contributed by atoms with E-state index in [-0.39, 0.29) is 0 Å². The predicted molar refractivity (Wildman–Crippen MR) is 72.2 cm³/mol. The first kappa shape index (κ1) is 13.7. The van der Waals surface area contributed by atoms with Crippen LogP contribution in [0, 0.1) is 19.8 Å². The van der Waals surface area contributed by atoms with E-state index in [1.807, 2.05) is 11.3 Å². The van der Waals surface area contributed by atoms with Crippen molar-refractivity contribution < 1.29 is 0 Å². The number of nitrogens with one attached hydrogen (secondary N) is 1. The van der Waals surface area contributed by atoms with Crippen molar-refractivity contribution in [1.82, 2.24) is 10.3 Å². The van der Waals surface area contributed by atoms with Gasteiger partial charge in [-0.1, -0.05) is 20.8 Å². The highest BCUT2D eigenvalue weighted by Crippen LogP contribution is 2.20. The molecule has 0 bridgehead atoms. The molecular weight excluding hydrogens is 216 g/mol. The van der Waals surface area contributed by atoms with E-state index >= 15 is 0 Å². The Hall–Kier alpha value is -0.410. The number of aryl methyl sites for hydroxylation is 2. The Bertz CT molecular complexity index is 298. The first-order chi connectivity index (χ1) is 7.49. The van der Waals surface area contributed by atoms with Crippen LogP contribution in [0.3, 0.4) is 0 Å². The van der Waals surface area contributed by atoms with Crippen LogP contribution in [0.2, 0.25) is 0 Å². The number of aromatic nitrogens is 1. The minimum atomic E-state index is 0.594. The summed E-state index contributed by atoms with van der Waals surface area (Å²) in [7, 11) is 0. The van der Waals surface area contributed by atoms with Crippen molar-refractivity contribution in [1.29, 1.82) is 0 Å². The summed E-state index contributed by atoms with van der Waals surface area (Å²) in [5.41, 5.74) is 1.20. The summed E-state index contributed by atoms with van der Waals surface area (Å²) in [6.07, 6.45) is 2.36. The second-order valence-corrected chi connectivity index (χ2v) is 6.24. The second kappa shape index (κ2) is 6.36. The highest BCUT2D eigenvalue weighted by molar-refractivity contribution is 7.11. The summed E-state index contributed by atoms with van der Waals surface area (Å²) in [6, 6.07) is 0.594. The van der Waals surface area contributed by atoms with Crippen molar-refractivity contribution in [3.05, 3.63) is 15.6 Å². The zero-order chi connectivity index (χ0) is 12.1. The fourth-order valence-corrected chi connectivity index (χ4v) is 2.74. The lowest BCUT2D eigenvalue weighted by Gasteiger charge is -2.12. The Morgan fingerprint density at radius 3 is 2.44 bits per heavy atom. The molecule has 0 aliphatic rings. The van der Waals surface area contributed by atoms with Crippen molar-refractivity contribution in [2.75, 3.05) is 6.54 Å². The fraction of sp³-hybridized carbons (Fsp3) is 0.769. The lowest BCUT2D eigenvalue weighted by Crippen LogP contribution is -2.25. The van der Waals surface area contributed by atoms with E-state index in [1.165, 1.54) is 22.0 Å². The molecule has 0 aliphatic carbocycles. The lowest BCUT2D eigenvalue weighted by molar-refractivity contribution is 0.475. The average Bonchev–Trinajstić information content (AvgIpc) is 2.44. The van der Waals surface area contributed by atoms with E-state index in [0.717, 1.165) is 18.9 Å². The van der Waals surface area contributed by atoms with Crippen LogP contribution in [0.1, 0.15) is 42.8 Å². The minimum Gasteiger partial charge on any atom is -0.315 e. The molecule has 92 valence electrons. The Kier molecular flexibility index (Phi) is 5.42. The minimum absolute atomic E-state index is 0.594. The number of nitrogens with zero attached hydrogens (tertiary/aromatic N) is 1. The summed E-state index contributed by atoms with van der Waals surface area (Å²) in [4.78, 5) is 5.95. The van der Waals surface area contributed by atoms with Gasteiger partial charge in [-0.15, -0.1) is 11.3 Å². The molecule has 2 nitrogen and oxygen atoms in total. The molecule has 1 N–H and O–H groups in total. The topological polar surface area (TPSA) is 24.9 Å². The van der Waals surface area contributed by atoms with Crippen molar-refractivity contribution >= 4 is 11.3 Å². The first-order valence-corrected chi connectivity index (χ1v) is 6.97. The van der Waals surface area contributed by atoms with E-state index < -0.39 is 0 Å². The van der Waals surface area contributed by atoms with Crippen molar-refractivity contribution in [3.63, 3.8) is 0 Å². The fourth-order valence-electron chi connectivity index (χ4n) is 1.65. The van der Waals surface area contributed by atoms with Crippen LogP contribution in [0.5, 0.6) is 0 Å². The maximum absolute atomic E-state index is 4.59. The molecule has 1 rings (SSSR count). The number of rotatable bonds is 6. The highest BCUT2D eigenvalue weighted by atomic mass is 32.1. The Morgan fingerprint density at radius 2 is 1.94 bits per heavy atom. The van der Waals surface area contributed by atoms with Gasteiger partial charge in [0.1, 0.15) is 0 Å². The predicted octanol–water partition coefficient (Wildman–Crippen LogP) is 3.33. The monoisotopic (exact) mass is 240 g/mol. The lowest BCUT2D eigenvalue weighted by atomic mass is 10.0. The van der Waals surface area contributed by atoms with E-state index in [0.29, 0.717) is 6.04 Å². The SMILES string of the molecule is Cc1nc(CC(C)CCNC(C)C)sc1C. The van der Waals surface area contributed by atoms with Crippen LogP contribution < -0.4 is 5.32 Å². The Morgan fingerprint density at radius 1 is 1.25 bits per heavy atom. The van der Waals surface area contributed by atoms with E-state index in [1.54, 1.807) is 0 Å². The summed E-state index contributed by atoms with van der Waals surface area (Å²) in [5.74, 6) is 0.719. The van der Waals surface area contributed by atoms with Gasteiger partial charge < -0.3 is 5.32 Å². The van der Waals surface area contributed by atoms with Gasteiger partial charge in [-0.2, -0.15) is 0 Å². The van der Waals surface area contributed by atoms with E-state index in [2.05, 4.69) is 44.9 Å². The summed E-state index contributed by atoms with van der Waals surface area (Å²) < 4.78 is 0. The molecule has 1 heterocycles. The quantitative estimate of drug-likeness (QED) is 0.825. The molecule has 0 spiro atoms. The molecule has 0 fully saturated rings. The van der Waals surface area contributed by atoms with Crippen molar-refractivity contribution in [2.45, 2.75) is 53.5 Å². The summed E-state index contributed by atoms with van der Waals surface area (Å²) >= 11 is 1.85.